The molecule has 1 saturated heterocycles. The number of nitrogens with one attached hydrogen (secondary N) is 1. The number of sulfonamides is 1. The van der Waals surface area contributed by atoms with E-state index in [4.69, 9.17) is 56.4 Å². The van der Waals surface area contributed by atoms with Crippen LogP contribution < -0.4 is 10.5 Å². The zero-order valence-electron chi connectivity index (χ0n) is 30.4. The summed E-state index contributed by atoms with van der Waals surface area (Å²) in [6.07, 6.45) is 1.18. The molecule has 0 unspecified atom stereocenters. The number of ether oxygens (including phenoxy) is 5. The normalized spacial score (nSPS) is 17.9. The lowest BCUT2D eigenvalue weighted by Gasteiger charge is -2.52. The topological polar surface area (TPSA) is 223 Å². The lowest BCUT2D eigenvalue weighted by molar-refractivity contribution is -0.295. The summed E-state index contributed by atoms with van der Waals surface area (Å²) in [7, 11) is -4.24. The van der Waals surface area contributed by atoms with E-state index in [2.05, 4.69) is 5.32 Å². The Kier molecular flexibility index (Phi) is 14.9. The van der Waals surface area contributed by atoms with Gasteiger partial charge in [0.25, 0.3) is 0 Å². The zero-order chi connectivity index (χ0) is 40.4. The Morgan fingerprint density at radius 2 is 1.65 bits per heavy atom. The number of carbonyl (C=O) groups is 4. The summed E-state index contributed by atoms with van der Waals surface area (Å²) in [5.41, 5.74) is -0.426. The molecule has 1 amide bonds. The van der Waals surface area contributed by atoms with Crippen molar-refractivity contribution < 1.29 is 60.8 Å². The van der Waals surface area contributed by atoms with Gasteiger partial charge < -0.3 is 38.5 Å². The second-order valence-electron chi connectivity index (χ2n) is 13.1. The summed E-state index contributed by atoms with van der Waals surface area (Å²) in [5.74, 6) is -3.42. The quantitative estimate of drug-likeness (QED) is 0.0664. The molecule has 19 heteroatoms. The molecule has 4 rings (SSSR count). The molecule has 0 aliphatic carbocycles. The molecule has 1 aliphatic rings. The van der Waals surface area contributed by atoms with E-state index in [-0.39, 0.29) is 61.9 Å². The fourth-order valence-corrected chi connectivity index (χ4v) is 6.96. The van der Waals surface area contributed by atoms with E-state index >= 15 is 0 Å². The molecule has 1 aromatic heterocycles. The van der Waals surface area contributed by atoms with Crippen LogP contribution >= 0.6 is 23.2 Å². The van der Waals surface area contributed by atoms with E-state index in [1.165, 1.54) is 17.2 Å². The number of unbranched alkanes of at least 4 members (excludes halogenated alkanes) is 1. The van der Waals surface area contributed by atoms with Crippen molar-refractivity contribution in [2.45, 2.75) is 81.7 Å². The first kappa shape index (κ1) is 43.3. The Labute approximate surface area is 328 Å². The summed E-state index contributed by atoms with van der Waals surface area (Å²) in [4.78, 5) is 51.3. The number of nitrogens with two attached hydrogens (primary N) is 1. The van der Waals surface area contributed by atoms with Gasteiger partial charge in [-0.1, -0.05) is 35.3 Å². The molecule has 4 N–H and O–H groups in total. The monoisotopic (exact) mass is 827 g/mol. The van der Waals surface area contributed by atoms with Crippen LogP contribution in [0, 0.1) is 0 Å². The maximum atomic E-state index is 13.1. The number of anilines is 1. The van der Waals surface area contributed by atoms with Crippen molar-refractivity contribution in [2.24, 2.45) is 5.14 Å². The van der Waals surface area contributed by atoms with E-state index in [1.54, 1.807) is 57.2 Å². The fourth-order valence-electron chi connectivity index (χ4n) is 5.67. The third-order valence-electron chi connectivity index (χ3n) is 8.52. The lowest BCUT2D eigenvalue weighted by atomic mass is 9.90. The van der Waals surface area contributed by atoms with Crippen LogP contribution in [0.25, 0.3) is 0 Å². The first-order valence-corrected chi connectivity index (χ1v) is 19.4. The van der Waals surface area contributed by atoms with Gasteiger partial charge in [0.15, 0.2) is 0 Å². The highest BCUT2D eigenvalue weighted by atomic mass is 35.5. The maximum Gasteiger partial charge on any atom is 0.413 e. The highest BCUT2D eigenvalue weighted by molar-refractivity contribution is 7.89. The largest absolute Gasteiger partial charge is 0.467 e. The summed E-state index contributed by atoms with van der Waals surface area (Å²) < 4.78 is 55.7. The Morgan fingerprint density at radius 3 is 2.31 bits per heavy atom. The number of hydrogen-bond donors (Lipinski definition) is 3. The lowest BCUT2D eigenvalue weighted by Crippen LogP contribution is -2.66. The molecule has 0 bridgehead atoms. The van der Waals surface area contributed by atoms with E-state index in [0.29, 0.717) is 29.2 Å². The number of amides is 1. The number of primary sulfonamides is 1. The van der Waals surface area contributed by atoms with Crippen LogP contribution in [0.15, 0.2) is 64.1 Å². The van der Waals surface area contributed by atoms with E-state index < -0.39 is 63.1 Å². The van der Waals surface area contributed by atoms with Gasteiger partial charge in [0.1, 0.15) is 10.7 Å². The minimum Gasteiger partial charge on any atom is -0.467 e. The third kappa shape index (κ3) is 11.8. The molecule has 2 aromatic carbocycles. The van der Waals surface area contributed by atoms with Crippen molar-refractivity contribution in [3.05, 3.63) is 81.7 Å². The van der Waals surface area contributed by atoms with Crippen LogP contribution in [-0.2, 0) is 55.6 Å². The minimum absolute atomic E-state index is 0.0198. The number of carbonyl (C=O) groups excluding carboxylic acids is 4. The van der Waals surface area contributed by atoms with Gasteiger partial charge in [-0.05, 0) is 76.4 Å². The standard InChI is InChI=1S/C36H43Cl2N3O13S/c1-23-36(46,24-9-6-10-25(37)17-24)54-21-35(2,3)41(23)34(45)53-22-52-32(43)13-7-12-31(42)50-14-4-5-15-51-33(44)27-18-30(55(39,47)48)28(38)19-29(27)40-20-26-11-8-16-49-26/h6,8-11,16-19,23,40,46H,4-5,7,12-15,20-22H2,1-3H3,(H2,39,47,48)/t23-,36+/m0/s1. The van der Waals surface area contributed by atoms with Gasteiger partial charge in [-0.2, -0.15) is 0 Å². The molecular formula is C36H43Cl2N3O13S. The number of morpholine rings is 1. The molecule has 0 saturated carbocycles. The second-order valence-corrected chi connectivity index (χ2v) is 15.5. The SMILES string of the molecule is C[C@@H]1N(C(=O)OCOC(=O)CCCC(=O)OCCCCOC(=O)c2cc(S(N)(=O)=O)c(Cl)cc2NCc2ccco2)C(C)(C)CO[C@@]1(O)c1cccc(Cl)c1. The van der Waals surface area contributed by atoms with E-state index in [0.717, 1.165) is 6.07 Å². The summed E-state index contributed by atoms with van der Waals surface area (Å²) in [6, 6.07) is 11.2. The molecule has 3 aromatic rings. The average molecular weight is 829 g/mol. The molecule has 300 valence electrons. The van der Waals surface area contributed by atoms with Crippen molar-refractivity contribution in [2.75, 3.05) is 31.9 Å². The molecule has 55 heavy (non-hydrogen) atoms. The number of furan rings is 1. The van der Waals surface area contributed by atoms with Gasteiger partial charge in [-0.15, -0.1) is 0 Å². The van der Waals surface area contributed by atoms with Gasteiger partial charge in [0.2, 0.25) is 22.6 Å². The molecule has 2 heterocycles. The van der Waals surface area contributed by atoms with Gasteiger partial charge in [0.05, 0.1) is 60.5 Å². The van der Waals surface area contributed by atoms with E-state index in [9.17, 15) is 32.7 Å². The molecule has 16 nitrogen and oxygen atoms in total. The highest BCUT2D eigenvalue weighted by Crippen LogP contribution is 2.40. The molecular weight excluding hydrogens is 785 g/mol. The number of benzene rings is 2. The Hall–Kier alpha value is -4.39. The van der Waals surface area contributed by atoms with Crippen LogP contribution in [0.3, 0.4) is 0 Å². The number of nitrogens with zero attached hydrogens (tertiary/aromatic N) is 1. The number of rotatable bonds is 17. The number of esters is 3. The predicted molar refractivity (Wildman–Crippen MR) is 197 cm³/mol. The molecule has 1 aliphatic heterocycles. The number of aliphatic hydroxyl groups is 1. The smallest absolute Gasteiger partial charge is 0.413 e. The minimum atomic E-state index is -4.24. The maximum absolute atomic E-state index is 13.1. The first-order valence-electron chi connectivity index (χ1n) is 17.1. The van der Waals surface area contributed by atoms with Crippen LogP contribution in [-0.4, -0.2) is 80.6 Å². The van der Waals surface area contributed by atoms with Crippen LogP contribution in [0.5, 0.6) is 0 Å². The predicted octanol–water partition coefficient (Wildman–Crippen LogP) is 5.48. The highest BCUT2D eigenvalue weighted by Gasteiger charge is 2.53. The number of halogens is 2. The van der Waals surface area contributed by atoms with Gasteiger partial charge in [-0.3, -0.25) is 14.5 Å². The summed E-state index contributed by atoms with van der Waals surface area (Å²) >= 11 is 12.2. The Balaban J connectivity index is 1.13. The zero-order valence-corrected chi connectivity index (χ0v) is 32.7. The summed E-state index contributed by atoms with van der Waals surface area (Å²) in [6.45, 7) is 4.49. The van der Waals surface area contributed by atoms with Crippen molar-refractivity contribution >= 4 is 62.9 Å². The fraction of sp³-hybridized carbons (Fsp3) is 0.444. The van der Waals surface area contributed by atoms with Crippen molar-refractivity contribution in [1.82, 2.24) is 4.90 Å². The van der Waals surface area contributed by atoms with Gasteiger partial charge in [0, 0.05) is 23.4 Å². The van der Waals surface area contributed by atoms with Crippen LogP contribution in [0.2, 0.25) is 10.0 Å². The van der Waals surface area contributed by atoms with Gasteiger partial charge >= 0.3 is 24.0 Å². The molecule has 2 atom stereocenters. The van der Waals surface area contributed by atoms with Crippen LogP contribution in [0.4, 0.5) is 10.5 Å². The summed E-state index contributed by atoms with van der Waals surface area (Å²) in [5, 5.41) is 19.8. The van der Waals surface area contributed by atoms with Crippen molar-refractivity contribution in [1.29, 1.82) is 0 Å². The third-order valence-corrected chi connectivity index (χ3v) is 10.1. The Bertz CT molecular complexity index is 1940. The van der Waals surface area contributed by atoms with Crippen molar-refractivity contribution in [3.8, 4) is 0 Å². The Morgan fingerprint density at radius 1 is 0.964 bits per heavy atom. The average Bonchev–Trinajstić information content (AvgIpc) is 3.64. The first-order chi connectivity index (χ1) is 25.9. The molecule has 1 fully saturated rings. The van der Waals surface area contributed by atoms with Crippen molar-refractivity contribution in [3.63, 3.8) is 0 Å². The molecule has 0 spiro atoms. The van der Waals surface area contributed by atoms with Crippen LogP contribution in [0.1, 0.15) is 74.6 Å². The van der Waals surface area contributed by atoms with Gasteiger partial charge in [-0.25, -0.2) is 23.1 Å². The second kappa shape index (κ2) is 19.0. The number of hydrogen-bond acceptors (Lipinski definition) is 14. The van der Waals surface area contributed by atoms with E-state index in [1.807, 2.05) is 0 Å². The molecule has 0 radical (unpaired) electrons.